The van der Waals surface area contributed by atoms with Crippen molar-refractivity contribution in [3.05, 3.63) is 41.0 Å². The quantitative estimate of drug-likeness (QED) is 0.501. The van der Waals surface area contributed by atoms with E-state index in [0.717, 1.165) is 34.8 Å². The van der Waals surface area contributed by atoms with Crippen LogP contribution in [-0.2, 0) is 14.3 Å². The second kappa shape index (κ2) is 11.6. The Morgan fingerprint density at radius 3 is 2.51 bits per heavy atom. The summed E-state index contributed by atoms with van der Waals surface area (Å²) in [6, 6.07) is 6.40. The van der Waals surface area contributed by atoms with Gasteiger partial charge in [0, 0.05) is 32.6 Å². The lowest BCUT2D eigenvalue weighted by Gasteiger charge is -2.34. The Labute approximate surface area is 223 Å². The molecule has 2 aromatic rings. The molecule has 0 aliphatic carbocycles. The van der Waals surface area contributed by atoms with Gasteiger partial charge in [-0.2, -0.15) is 0 Å². The molecule has 4 atom stereocenters. The SMILES string of the molecule is Cc1ncsc1-c1ccc([C@H](CN2CCOCC2)NC(=O)[C@@H]2C[C@@H](O)CN2C(=O)[C@@H](N)C(C)(C)C)cc1. The first-order chi connectivity index (χ1) is 17.5. The van der Waals surface area contributed by atoms with E-state index >= 15 is 0 Å². The van der Waals surface area contributed by atoms with Gasteiger partial charge in [0.15, 0.2) is 0 Å². The number of β-amino-alcohol motifs (C(OH)–C–C–N with tert-alkyl or cyclic N) is 1. The fourth-order valence-corrected chi connectivity index (χ4v) is 5.66. The van der Waals surface area contributed by atoms with E-state index in [1.807, 2.05) is 45.3 Å². The first kappa shape index (κ1) is 27.7. The summed E-state index contributed by atoms with van der Waals surface area (Å²) < 4.78 is 5.50. The number of nitrogens with zero attached hydrogens (tertiary/aromatic N) is 3. The lowest BCUT2D eigenvalue weighted by Crippen LogP contribution is -2.55. The van der Waals surface area contributed by atoms with Gasteiger partial charge < -0.3 is 25.8 Å². The summed E-state index contributed by atoms with van der Waals surface area (Å²) in [5, 5.41) is 13.6. The van der Waals surface area contributed by atoms with Crippen molar-refractivity contribution in [2.75, 3.05) is 39.4 Å². The van der Waals surface area contributed by atoms with Crippen LogP contribution in [0.1, 0.15) is 44.5 Å². The first-order valence-electron chi connectivity index (χ1n) is 12.9. The molecule has 0 spiro atoms. The molecule has 3 heterocycles. The Kier molecular flexibility index (Phi) is 8.65. The van der Waals surface area contributed by atoms with Crippen molar-refractivity contribution in [2.45, 2.75) is 58.3 Å². The van der Waals surface area contributed by atoms with Gasteiger partial charge in [-0.05, 0) is 23.5 Å². The van der Waals surface area contributed by atoms with Gasteiger partial charge in [-0.25, -0.2) is 4.98 Å². The molecular weight excluding hydrogens is 490 g/mol. The van der Waals surface area contributed by atoms with Crippen LogP contribution in [0.15, 0.2) is 29.8 Å². The monoisotopic (exact) mass is 529 g/mol. The second-order valence-electron chi connectivity index (χ2n) is 11.1. The van der Waals surface area contributed by atoms with Crippen molar-refractivity contribution >= 4 is 23.2 Å². The average molecular weight is 530 g/mol. The number of benzene rings is 1. The van der Waals surface area contributed by atoms with E-state index < -0.39 is 23.6 Å². The number of aliphatic hydroxyl groups is 1. The van der Waals surface area contributed by atoms with Crippen molar-refractivity contribution in [3.63, 3.8) is 0 Å². The number of hydrogen-bond acceptors (Lipinski definition) is 8. The third-order valence-electron chi connectivity index (χ3n) is 7.25. The molecule has 10 heteroatoms. The van der Waals surface area contributed by atoms with Crippen LogP contribution >= 0.6 is 11.3 Å². The van der Waals surface area contributed by atoms with E-state index in [2.05, 4.69) is 27.3 Å². The molecule has 0 radical (unpaired) electrons. The van der Waals surface area contributed by atoms with Gasteiger partial charge >= 0.3 is 0 Å². The number of rotatable bonds is 7. The molecule has 2 aliphatic rings. The average Bonchev–Trinajstić information content (AvgIpc) is 3.48. The maximum atomic E-state index is 13.6. The van der Waals surface area contributed by atoms with Crippen LogP contribution in [0, 0.1) is 12.3 Å². The Hall–Kier alpha value is -2.37. The zero-order valence-electron chi connectivity index (χ0n) is 22.1. The van der Waals surface area contributed by atoms with Crippen molar-refractivity contribution < 1.29 is 19.4 Å². The molecule has 37 heavy (non-hydrogen) atoms. The van der Waals surface area contributed by atoms with Gasteiger partial charge in [0.2, 0.25) is 11.8 Å². The molecule has 1 aromatic carbocycles. The van der Waals surface area contributed by atoms with Crippen molar-refractivity contribution in [1.29, 1.82) is 0 Å². The molecule has 0 bridgehead atoms. The Bertz CT molecular complexity index is 1080. The minimum Gasteiger partial charge on any atom is -0.391 e. The Morgan fingerprint density at radius 2 is 1.92 bits per heavy atom. The van der Waals surface area contributed by atoms with Crippen molar-refractivity contribution in [1.82, 2.24) is 20.1 Å². The van der Waals surface area contributed by atoms with Crippen LogP contribution < -0.4 is 11.1 Å². The third-order valence-corrected chi connectivity index (χ3v) is 8.22. The molecule has 2 aliphatic heterocycles. The summed E-state index contributed by atoms with van der Waals surface area (Å²) in [5.41, 5.74) is 10.7. The molecule has 9 nitrogen and oxygen atoms in total. The number of aromatic nitrogens is 1. The smallest absolute Gasteiger partial charge is 0.243 e. The molecule has 4 rings (SSSR count). The topological polar surface area (TPSA) is 121 Å². The third kappa shape index (κ3) is 6.56. The van der Waals surface area contributed by atoms with Gasteiger partial charge in [0.05, 0.1) is 47.5 Å². The number of carbonyl (C=O) groups excluding carboxylic acids is 2. The largest absolute Gasteiger partial charge is 0.391 e. The van der Waals surface area contributed by atoms with Crippen LogP contribution in [0.2, 0.25) is 0 Å². The summed E-state index contributed by atoms with van der Waals surface area (Å²) in [6.45, 7) is 11.3. The molecule has 1 aromatic heterocycles. The number of thiazole rings is 1. The van der Waals surface area contributed by atoms with Gasteiger partial charge in [-0.15, -0.1) is 11.3 Å². The Balaban J connectivity index is 1.54. The van der Waals surface area contributed by atoms with E-state index in [9.17, 15) is 14.7 Å². The first-order valence-corrected chi connectivity index (χ1v) is 13.8. The van der Waals surface area contributed by atoms with E-state index in [-0.39, 0.29) is 30.8 Å². The fraction of sp³-hybridized carbons (Fsp3) is 0.593. The van der Waals surface area contributed by atoms with E-state index in [4.69, 9.17) is 10.5 Å². The predicted molar refractivity (Wildman–Crippen MR) is 144 cm³/mol. The number of nitrogens with one attached hydrogen (secondary N) is 1. The number of morpholine rings is 1. The van der Waals surface area contributed by atoms with Crippen LogP contribution in [0.25, 0.3) is 10.4 Å². The highest BCUT2D eigenvalue weighted by Gasteiger charge is 2.43. The molecule has 202 valence electrons. The number of aryl methyl sites for hydroxylation is 1. The zero-order chi connectivity index (χ0) is 26.7. The molecule has 2 saturated heterocycles. The highest BCUT2D eigenvalue weighted by Crippen LogP contribution is 2.29. The van der Waals surface area contributed by atoms with Crippen LogP contribution in [0.4, 0.5) is 0 Å². The lowest BCUT2D eigenvalue weighted by atomic mass is 9.86. The lowest BCUT2D eigenvalue weighted by molar-refractivity contribution is -0.141. The minimum absolute atomic E-state index is 0.109. The number of aliphatic hydroxyl groups excluding tert-OH is 1. The van der Waals surface area contributed by atoms with Crippen molar-refractivity contribution in [3.8, 4) is 10.4 Å². The number of hydrogen-bond donors (Lipinski definition) is 3. The molecular formula is C27H39N5O4S. The summed E-state index contributed by atoms with van der Waals surface area (Å²) in [4.78, 5) is 36.0. The van der Waals surface area contributed by atoms with Crippen molar-refractivity contribution in [2.24, 2.45) is 11.1 Å². The standard InChI is InChI=1S/C27H39N5O4S/c1-17-23(37-16-29-17)19-7-5-18(6-8-19)21(15-31-9-11-36-12-10-31)30-25(34)22-13-20(33)14-32(22)26(35)24(28)27(2,3)4/h5-8,16,20-22,24,33H,9-15,28H2,1-4H3,(H,30,34)/t20-,21+,22+,24-/m1/s1. The zero-order valence-corrected chi connectivity index (χ0v) is 23.0. The number of nitrogens with two attached hydrogens (primary N) is 1. The maximum Gasteiger partial charge on any atom is 0.243 e. The van der Waals surface area contributed by atoms with E-state index in [1.165, 1.54) is 4.90 Å². The predicted octanol–water partition coefficient (Wildman–Crippen LogP) is 1.94. The summed E-state index contributed by atoms with van der Waals surface area (Å²) in [5.74, 6) is -0.579. The minimum atomic E-state index is -0.764. The molecule has 0 unspecified atom stereocenters. The normalized spacial score (nSPS) is 22.6. The summed E-state index contributed by atoms with van der Waals surface area (Å²) in [6.07, 6.45) is -0.561. The number of ether oxygens (including phenoxy) is 1. The van der Waals surface area contributed by atoms with Gasteiger partial charge in [-0.3, -0.25) is 14.5 Å². The van der Waals surface area contributed by atoms with E-state index in [0.29, 0.717) is 19.8 Å². The van der Waals surface area contributed by atoms with Crippen LogP contribution in [0.3, 0.4) is 0 Å². The maximum absolute atomic E-state index is 13.6. The Morgan fingerprint density at radius 1 is 1.24 bits per heavy atom. The van der Waals surface area contributed by atoms with Gasteiger partial charge in [-0.1, -0.05) is 45.0 Å². The molecule has 2 fully saturated rings. The molecule has 0 saturated carbocycles. The second-order valence-corrected chi connectivity index (χ2v) is 12.0. The van der Waals surface area contributed by atoms with Crippen LogP contribution in [-0.4, -0.2) is 89.3 Å². The summed E-state index contributed by atoms with van der Waals surface area (Å²) >= 11 is 1.61. The number of carbonyl (C=O) groups is 2. The van der Waals surface area contributed by atoms with E-state index in [1.54, 1.807) is 11.3 Å². The molecule has 4 N–H and O–H groups in total. The molecule has 2 amide bonds. The summed E-state index contributed by atoms with van der Waals surface area (Å²) in [7, 11) is 0. The fourth-order valence-electron chi connectivity index (χ4n) is 4.84. The number of amides is 2. The van der Waals surface area contributed by atoms with Gasteiger partial charge in [0.25, 0.3) is 0 Å². The highest BCUT2D eigenvalue weighted by molar-refractivity contribution is 7.13. The van der Waals surface area contributed by atoms with Gasteiger partial charge in [0.1, 0.15) is 6.04 Å². The highest BCUT2D eigenvalue weighted by atomic mass is 32.1. The number of likely N-dealkylation sites (tertiary alicyclic amines) is 1. The van der Waals surface area contributed by atoms with Crippen LogP contribution in [0.5, 0.6) is 0 Å².